The van der Waals surface area contributed by atoms with E-state index in [1.54, 1.807) is 0 Å². The number of benzene rings is 2. The summed E-state index contributed by atoms with van der Waals surface area (Å²) >= 11 is 0. The van der Waals surface area contributed by atoms with Crippen molar-refractivity contribution >= 4 is 15.9 Å². The Kier molecular flexibility index (Phi) is 7.95. The Morgan fingerprint density at radius 2 is 1.68 bits per heavy atom. The van der Waals surface area contributed by atoms with Crippen LogP contribution < -0.4 is 14.8 Å². The zero-order valence-electron chi connectivity index (χ0n) is 15.9. The average Bonchev–Trinajstić information content (AvgIpc) is 2.66. The number of amides is 1. The van der Waals surface area contributed by atoms with Crippen LogP contribution in [0.25, 0.3) is 0 Å². The van der Waals surface area contributed by atoms with Crippen LogP contribution in [0, 0.1) is 5.82 Å². The fourth-order valence-electron chi connectivity index (χ4n) is 2.39. The van der Waals surface area contributed by atoms with Gasteiger partial charge in [0.2, 0.25) is 15.9 Å². The maximum Gasteiger partial charge on any atom is 0.240 e. The van der Waals surface area contributed by atoms with Crippen molar-refractivity contribution in [2.45, 2.75) is 31.1 Å². The van der Waals surface area contributed by atoms with E-state index in [-0.39, 0.29) is 23.8 Å². The summed E-state index contributed by atoms with van der Waals surface area (Å²) in [4.78, 5) is 11.7. The normalized spacial score (nSPS) is 11.4. The van der Waals surface area contributed by atoms with Crippen LogP contribution in [0.15, 0.2) is 53.4 Å². The summed E-state index contributed by atoms with van der Waals surface area (Å²) in [7, 11) is -3.77. The van der Waals surface area contributed by atoms with Gasteiger partial charge in [0, 0.05) is 13.0 Å². The largest absolute Gasteiger partial charge is 0.492 e. The van der Waals surface area contributed by atoms with Crippen LogP contribution in [0.3, 0.4) is 0 Å². The number of nitrogens with one attached hydrogen (secondary N) is 2. The molecule has 2 aromatic carbocycles. The van der Waals surface area contributed by atoms with E-state index in [4.69, 9.17) is 4.74 Å². The molecule has 0 aliphatic heterocycles. The zero-order valence-corrected chi connectivity index (χ0v) is 16.8. The Morgan fingerprint density at radius 1 is 1.04 bits per heavy atom. The molecule has 8 heteroatoms. The first-order valence-corrected chi connectivity index (χ1v) is 10.5. The van der Waals surface area contributed by atoms with Crippen LogP contribution in [0.5, 0.6) is 5.75 Å². The molecule has 6 nitrogen and oxygen atoms in total. The number of hydrogen-bond donors (Lipinski definition) is 2. The minimum Gasteiger partial charge on any atom is -0.492 e. The molecular formula is C20H25FN2O4S. The van der Waals surface area contributed by atoms with E-state index in [1.807, 2.05) is 24.3 Å². The van der Waals surface area contributed by atoms with Gasteiger partial charge in [0.15, 0.2) is 0 Å². The van der Waals surface area contributed by atoms with Crippen LogP contribution >= 0.6 is 0 Å². The molecule has 1 amide bonds. The molecule has 0 aliphatic rings. The van der Waals surface area contributed by atoms with Crippen LogP contribution in [-0.4, -0.2) is 34.0 Å². The lowest BCUT2D eigenvalue weighted by atomic mass is 10.0. The third-order valence-corrected chi connectivity index (χ3v) is 5.48. The maximum atomic E-state index is 12.9. The summed E-state index contributed by atoms with van der Waals surface area (Å²) in [6, 6.07) is 12.3. The molecule has 2 N–H and O–H groups in total. The number of rotatable bonds is 10. The maximum absolute atomic E-state index is 12.9. The summed E-state index contributed by atoms with van der Waals surface area (Å²) in [6.07, 6.45) is -0.0104. The highest BCUT2D eigenvalue weighted by Crippen LogP contribution is 2.18. The lowest BCUT2D eigenvalue weighted by Gasteiger charge is -2.10. The van der Waals surface area contributed by atoms with Gasteiger partial charge in [0.05, 0.1) is 11.4 Å². The topological polar surface area (TPSA) is 84.5 Å². The molecule has 2 rings (SSSR count). The van der Waals surface area contributed by atoms with Crippen molar-refractivity contribution in [2.24, 2.45) is 0 Å². The second-order valence-corrected chi connectivity index (χ2v) is 8.29. The summed E-state index contributed by atoms with van der Waals surface area (Å²) in [5, 5.41) is 2.67. The Morgan fingerprint density at radius 3 is 2.29 bits per heavy atom. The Labute approximate surface area is 165 Å². The van der Waals surface area contributed by atoms with Crippen molar-refractivity contribution in [1.82, 2.24) is 10.0 Å². The molecule has 0 radical (unpaired) electrons. The lowest BCUT2D eigenvalue weighted by Crippen LogP contribution is -2.32. The van der Waals surface area contributed by atoms with Crippen LogP contribution in [-0.2, 0) is 14.8 Å². The van der Waals surface area contributed by atoms with Gasteiger partial charge in [-0.2, -0.15) is 0 Å². The highest BCUT2D eigenvalue weighted by Gasteiger charge is 2.14. The monoisotopic (exact) mass is 408 g/mol. The Balaban J connectivity index is 1.65. The minimum atomic E-state index is -3.77. The highest BCUT2D eigenvalue weighted by atomic mass is 32.2. The third-order valence-electron chi connectivity index (χ3n) is 4.01. The number of carbonyl (C=O) groups is 1. The number of halogens is 1. The van der Waals surface area contributed by atoms with Gasteiger partial charge in [-0.15, -0.1) is 0 Å². The molecule has 0 spiro atoms. The lowest BCUT2D eigenvalue weighted by molar-refractivity contribution is -0.121. The van der Waals surface area contributed by atoms with Gasteiger partial charge in [-0.05, 0) is 47.9 Å². The molecule has 0 bridgehead atoms. The fraction of sp³-hybridized carbons (Fsp3) is 0.350. The molecule has 152 valence electrons. The van der Waals surface area contributed by atoms with E-state index < -0.39 is 15.8 Å². The van der Waals surface area contributed by atoms with Crippen molar-refractivity contribution in [3.63, 3.8) is 0 Å². The predicted octanol–water partition coefficient (Wildman–Crippen LogP) is 2.81. The zero-order chi connectivity index (χ0) is 20.6. The Bertz CT molecular complexity index is 866. The average molecular weight is 408 g/mol. The molecule has 0 fully saturated rings. The minimum absolute atomic E-state index is 0.0104. The van der Waals surface area contributed by atoms with Gasteiger partial charge in [0.1, 0.15) is 18.2 Å². The standard InChI is InChI=1S/C20H25FN2O4S/c1-15(2)16-3-7-18(8-4-16)27-14-13-22-20(24)11-12-23-28(25,26)19-9-5-17(21)6-10-19/h3-10,15,23H,11-14H2,1-2H3,(H,22,24). The van der Waals surface area contributed by atoms with Crippen molar-refractivity contribution in [3.8, 4) is 5.75 Å². The van der Waals surface area contributed by atoms with Crippen molar-refractivity contribution in [3.05, 3.63) is 59.9 Å². The van der Waals surface area contributed by atoms with Gasteiger partial charge in [-0.1, -0.05) is 26.0 Å². The Hall–Kier alpha value is -2.45. The molecule has 0 aliphatic carbocycles. The summed E-state index contributed by atoms with van der Waals surface area (Å²) in [5.41, 5.74) is 1.23. The molecule has 0 aromatic heterocycles. The predicted molar refractivity (Wildman–Crippen MR) is 105 cm³/mol. The molecular weight excluding hydrogens is 383 g/mol. The first-order chi connectivity index (χ1) is 13.3. The van der Waals surface area contributed by atoms with Crippen LogP contribution in [0.4, 0.5) is 4.39 Å². The smallest absolute Gasteiger partial charge is 0.240 e. The van der Waals surface area contributed by atoms with E-state index in [1.165, 1.54) is 17.7 Å². The molecule has 0 unspecified atom stereocenters. The molecule has 28 heavy (non-hydrogen) atoms. The first kappa shape index (κ1) is 21.8. The van der Waals surface area contributed by atoms with E-state index in [9.17, 15) is 17.6 Å². The summed E-state index contributed by atoms with van der Waals surface area (Å²) in [5.74, 6) is 0.372. The van der Waals surface area contributed by atoms with Crippen molar-refractivity contribution in [2.75, 3.05) is 19.7 Å². The van der Waals surface area contributed by atoms with E-state index >= 15 is 0 Å². The van der Waals surface area contributed by atoms with Gasteiger partial charge >= 0.3 is 0 Å². The van der Waals surface area contributed by atoms with Gasteiger partial charge in [-0.25, -0.2) is 17.5 Å². The highest BCUT2D eigenvalue weighted by molar-refractivity contribution is 7.89. The number of carbonyl (C=O) groups excluding carboxylic acids is 1. The number of sulfonamides is 1. The molecule has 0 heterocycles. The van der Waals surface area contributed by atoms with E-state index in [2.05, 4.69) is 23.9 Å². The van der Waals surface area contributed by atoms with Crippen LogP contribution in [0.1, 0.15) is 31.7 Å². The fourth-order valence-corrected chi connectivity index (χ4v) is 3.42. The number of hydrogen-bond acceptors (Lipinski definition) is 4. The van der Waals surface area contributed by atoms with Crippen LogP contribution in [0.2, 0.25) is 0 Å². The first-order valence-electron chi connectivity index (χ1n) is 9.02. The van der Waals surface area contributed by atoms with Gasteiger partial charge < -0.3 is 10.1 Å². The van der Waals surface area contributed by atoms with Crippen molar-refractivity contribution in [1.29, 1.82) is 0 Å². The second-order valence-electron chi connectivity index (χ2n) is 6.52. The molecule has 2 aromatic rings. The quantitative estimate of drug-likeness (QED) is 0.592. The van der Waals surface area contributed by atoms with E-state index in [0.29, 0.717) is 19.1 Å². The van der Waals surface area contributed by atoms with Crippen molar-refractivity contribution < 1.29 is 22.3 Å². The van der Waals surface area contributed by atoms with Gasteiger partial charge in [-0.3, -0.25) is 4.79 Å². The third kappa shape index (κ3) is 6.94. The SMILES string of the molecule is CC(C)c1ccc(OCCNC(=O)CCNS(=O)(=O)c2ccc(F)cc2)cc1. The molecule has 0 saturated heterocycles. The summed E-state index contributed by atoms with van der Waals surface area (Å²) in [6.45, 7) is 4.81. The number of ether oxygens (including phenoxy) is 1. The van der Waals surface area contributed by atoms with E-state index in [0.717, 1.165) is 17.9 Å². The molecule has 0 saturated carbocycles. The second kappa shape index (κ2) is 10.2. The van der Waals surface area contributed by atoms with Gasteiger partial charge in [0.25, 0.3) is 0 Å². The molecule has 0 atom stereocenters. The summed E-state index contributed by atoms with van der Waals surface area (Å²) < 4.78 is 44.8.